The number of carboxylic acid groups (broad SMARTS) is 1. The minimum atomic E-state index is -3.78. The summed E-state index contributed by atoms with van der Waals surface area (Å²) in [5.41, 5.74) is 0.548. The maximum Gasteiger partial charge on any atom is 0.303 e. The Hall–Kier alpha value is -1.93. The number of carbonyl (C=O) groups excluding carboxylic acids is 1. The number of fused-ring (bicyclic) bond motifs is 1. The number of anilines is 1. The van der Waals surface area contributed by atoms with Crippen LogP contribution in [0.1, 0.15) is 45.1 Å². The zero-order valence-corrected chi connectivity index (χ0v) is 14.6. The highest BCUT2D eigenvalue weighted by Crippen LogP contribution is 2.26. The number of carboxylic acids is 1. The van der Waals surface area contributed by atoms with E-state index in [1.54, 1.807) is 26.0 Å². The van der Waals surface area contributed by atoms with Crippen LogP contribution in [0.25, 0.3) is 0 Å². The summed E-state index contributed by atoms with van der Waals surface area (Å²) in [5, 5.41) is 11.5. The van der Waals surface area contributed by atoms with Gasteiger partial charge in [0, 0.05) is 24.1 Å². The summed E-state index contributed by atoms with van der Waals surface area (Å²) < 4.78 is 27.7. The van der Waals surface area contributed by atoms with Gasteiger partial charge in [0.05, 0.1) is 4.90 Å². The summed E-state index contributed by atoms with van der Waals surface area (Å²) in [7, 11) is -3.78. The molecule has 1 heterocycles. The van der Waals surface area contributed by atoms with Gasteiger partial charge >= 0.3 is 5.97 Å². The Morgan fingerprint density at radius 1 is 1.33 bits per heavy atom. The molecule has 132 valence electrons. The van der Waals surface area contributed by atoms with E-state index in [0.717, 1.165) is 5.56 Å². The third kappa shape index (κ3) is 4.78. The van der Waals surface area contributed by atoms with Crippen molar-refractivity contribution in [2.75, 3.05) is 5.32 Å². The van der Waals surface area contributed by atoms with Crippen molar-refractivity contribution in [1.82, 2.24) is 4.72 Å². The summed E-state index contributed by atoms with van der Waals surface area (Å²) in [6, 6.07) is 4.61. The maximum atomic E-state index is 12.6. The predicted molar refractivity (Wildman–Crippen MR) is 89.3 cm³/mol. The molecule has 0 unspecified atom stereocenters. The number of benzene rings is 1. The van der Waals surface area contributed by atoms with Crippen LogP contribution in [0.3, 0.4) is 0 Å². The van der Waals surface area contributed by atoms with Crippen LogP contribution in [0, 0.1) is 0 Å². The van der Waals surface area contributed by atoms with Gasteiger partial charge in [-0.3, -0.25) is 9.59 Å². The minimum absolute atomic E-state index is 0.0720. The molecule has 0 bridgehead atoms. The molecule has 8 heteroatoms. The fourth-order valence-electron chi connectivity index (χ4n) is 2.61. The smallest absolute Gasteiger partial charge is 0.303 e. The second kappa shape index (κ2) is 6.90. The van der Waals surface area contributed by atoms with E-state index in [4.69, 9.17) is 5.11 Å². The fraction of sp³-hybridized carbons (Fsp3) is 0.500. The van der Waals surface area contributed by atoms with Crippen molar-refractivity contribution < 1.29 is 23.1 Å². The highest BCUT2D eigenvalue weighted by atomic mass is 32.2. The lowest BCUT2D eigenvalue weighted by molar-refractivity contribution is -0.137. The summed E-state index contributed by atoms with van der Waals surface area (Å²) in [4.78, 5) is 22.4. The standard InChI is InChI=1S/C16H22N2O5S/c1-16(2,9-8-15(20)21)18-24(22,23)12-6-7-13-11(10-12)4-3-5-14(19)17-13/h6-7,10,18H,3-5,8-9H2,1-2H3,(H,17,19)(H,20,21). The molecular weight excluding hydrogens is 332 g/mol. The molecule has 1 aliphatic rings. The van der Waals surface area contributed by atoms with Crippen LogP contribution in [0.5, 0.6) is 0 Å². The van der Waals surface area contributed by atoms with Crippen LogP contribution in [0.4, 0.5) is 5.69 Å². The van der Waals surface area contributed by atoms with Gasteiger partial charge in [-0.15, -0.1) is 0 Å². The first kappa shape index (κ1) is 18.4. The molecule has 24 heavy (non-hydrogen) atoms. The third-order valence-electron chi connectivity index (χ3n) is 3.89. The van der Waals surface area contributed by atoms with Crippen molar-refractivity contribution in [3.8, 4) is 0 Å². The van der Waals surface area contributed by atoms with E-state index in [1.165, 1.54) is 6.07 Å². The first-order chi connectivity index (χ1) is 11.1. The van der Waals surface area contributed by atoms with Gasteiger partial charge in [-0.05, 0) is 56.9 Å². The molecule has 0 saturated carbocycles. The minimum Gasteiger partial charge on any atom is -0.481 e. The molecule has 0 atom stereocenters. The number of amides is 1. The van der Waals surface area contributed by atoms with Gasteiger partial charge in [0.2, 0.25) is 15.9 Å². The van der Waals surface area contributed by atoms with Gasteiger partial charge in [0.15, 0.2) is 0 Å². The van der Waals surface area contributed by atoms with Gasteiger partial charge in [-0.2, -0.15) is 0 Å². The molecule has 0 aliphatic carbocycles. The Labute approximate surface area is 141 Å². The second-order valence-corrected chi connectivity index (χ2v) is 8.29. The van der Waals surface area contributed by atoms with Crippen molar-refractivity contribution in [3.05, 3.63) is 23.8 Å². The van der Waals surface area contributed by atoms with E-state index in [2.05, 4.69) is 10.0 Å². The molecule has 2 rings (SSSR count). The van der Waals surface area contributed by atoms with Crippen LogP contribution < -0.4 is 10.0 Å². The van der Waals surface area contributed by atoms with Gasteiger partial charge in [0.1, 0.15) is 0 Å². The molecule has 1 aliphatic heterocycles. The van der Waals surface area contributed by atoms with Gasteiger partial charge in [-0.25, -0.2) is 13.1 Å². The zero-order valence-electron chi connectivity index (χ0n) is 13.8. The zero-order chi connectivity index (χ0) is 18.0. The maximum absolute atomic E-state index is 12.6. The number of carbonyl (C=O) groups is 2. The molecule has 1 aromatic carbocycles. The Balaban J connectivity index is 2.22. The van der Waals surface area contributed by atoms with E-state index >= 15 is 0 Å². The molecule has 0 spiro atoms. The average molecular weight is 354 g/mol. The Kier molecular flexibility index (Phi) is 5.29. The lowest BCUT2D eigenvalue weighted by Crippen LogP contribution is -2.43. The van der Waals surface area contributed by atoms with E-state index in [-0.39, 0.29) is 23.6 Å². The molecule has 1 aromatic rings. The second-order valence-electron chi connectivity index (χ2n) is 6.60. The SMILES string of the molecule is CC(C)(CCC(=O)O)NS(=O)(=O)c1ccc2c(c1)CCCC(=O)N2. The highest BCUT2D eigenvalue weighted by molar-refractivity contribution is 7.89. The summed E-state index contributed by atoms with van der Waals surface area (Å²) >= 11 is 0. The quantitative estimate of drug-likeness (QED) is 0.722. The van der Waals surface area contributed by atoms with Crippen molar-refractivity contribution >= 4 is 27.6 Å². The number of hydrogen-bond acceptors (Lipinski definition) is 4. The fourth-order valence-corrected chi connectivity index (χ4v) is 4.10. The molecule has 0 saturated heterocycles. The third-order valence-corrected chi connectivity index (χ3v) is 5.58. The Bertz CT molecular complexity index is 756. The first-order valence-electron chi connectivity index (χ1n) is 7.78. The summed E-state index contributed by atoms with van der Waals surface area (Å²) in [6.45, 7) is 3.30. The molecule has 0 aromatic heterocycles. The van der Waals surface area contributed by atoms with Crippen LogP contribution >= 0.6 is 0 Å². The van der Waals surface area contributed by atoms with Gasteiger partial charge in [-0.1, -0.05) is 0 Å². The molecule has 0 radical (unpaired) electrons. The van der Waals surface area contributed by atoms with Crippen LogP contribution in [0.15, 0.2) is 23.1 Å². The van der Waals surface area contributed by atoms with Crippen molar-refractivity contribution in [3.63, 3.8) is 0 Å². The first-order valence-corrected chi connectivity index (χ1v) is 9.26. The number of aryl methyl sites for hydroxylation is 1. The average Bonchev–Trinajstić information content (AvgIpc) is 2.64. The lowest BCUT2D eigenvalue weighted by Gasteiger charge is -2.25. The van der Waals surface area contributed by atoms with Crippen molar-refractivity contribution in [2.24, 2.45) is 0 Å². The Morgan fingerprint density at radius 2 is 2.04 bits per heavy atom. The highest BCUT2D eigenvalue weighted by Gasteiger charge is 2.27. The molecule has 7 nitrogen and oxygen atoms in total. The topological polar surface area (TPSA) is 113 Å². The largest absolute Gasteiger partial charge is 0.481 e. The molecule has 0 fully saturated rings. The van der Waals surface area contributed by atoms with E-state index in [9.17, 15) is 18.0 Å². The number of hydrogen-bond donors (Lipinski definition) is 3. The van der Waals surface area contributed by atoms with Crippen molar-refractivity contribution in [2.45, 2.75) is 56.4 Å². The van der Waals surface area contributed by atoms with Crippen LogP contribution in [-0.4, -0.2) is 30.9 Å². The number of aliphatic carboxylic acids is 1. The van der Waals surface area contributed by atoms with E-state index in [1.807, 2.05) is 0 Å². The summed E-state index contributed by atoms with van der Waals surface area (Å²) in [6.07, 6.45) is 1.77. The van der Waals surface area contributed by atoms with E-state index in [0.29, 0.717) is 24.9 Å². The normalized spacial score (nSPS) is 15.3. The van der Waals surface area contributed by atoms with Gasteiger partial charge in [0.25, 0.3) is 0 Å². The number of sulfonamides is 1. The summed E-state index contributed by atoms with van der Waals surface area (Å²) in [5.74, 6) is -1.04. The number of nitrogens with one attached hydrogen (secondary N) is 2. The molecule has 3 N–H and O–H groups in total. The van der Waals surface area contributed by atoms with Gasteiger partial charge < -0.3 is 10.4 Å². The van der Waals surface area contributed by atoms with Crippen molar-refractivity contribution in [1.29, 1.82) is 0 Å². The lowest BCUT2D eigenvalue weighted by atomic mass is 10.0. The predicted octanol–water partition coefficient (Wildman–Crippen LogP) is 1.88. The van der Waals surface area contributed by atoms with Crippen LogP contribution in [-0.2, 0) is 26.0 Å². The Morgan fingerprint density at radius 3 is 2.71 bits per heavy atom. The van der Waals surface area contributed by atoms with E-state index < -0.39 is 21.5 Å². The number of rotatable bonds is 6. The monoisotopic (exact) mass is 354 g/mol. The molecule has 1 amide bonds. The van der Waals surface area contributed by atoms with Crippen LogP contribution in [0.2, 0.25) is 0 Å². The molecular formula is C16H22N2O5S.